The summed E-state index contributed by atoms with van der Waals surface area (Å²) in [7, 11) is 0. The Hall–Kier alpha value is -0.820. The van der Waals surface area contributed by atoms with Crippen LogP contribution in [0, 0.1) is 0 Å². The van der Waals surface area contributed by atoms with Gasteiger partial charge < -0.3 is 5.32 Å². The van der Waals surface area contributed by atoms with E-state index in [9.17, 15) is 0 Å². The Morgan fingerprint density at radius 2 is 1.92 bits per heavy atom. The van der Waals surface area contributed by atoms with E-state index in [4.69, 9.17) is 0 Å². The maximum atomic E-state index is 2.37. The van der Waals surface area contributed by atoms with Crippen LogP contribution in [0.4, 0.5) is 5.69 Å². The molecule has 12 heavy (non-hydrogen) atoms. The van der Waals surface area contributed by atoms with Gasteiger partial charge in [0.15, 0.2) is 0 Å². The zero-order valence-electron chi connectivity index (χ0n) is 7.96. The van der Waals surface area contributed by atoms with E-state index in [1.54, 1.807) is 0 Å². The van der Waals surface area contributed by atoms with E-state index in [0.717, 1.165) is 0 Å². The molecular formula is C11H16N+. The highest BCUT2D eigenvalue weighted by molar-refractivity contribution is 5.47. The van der Waals surface area contributed by atoms with Crippen LogP contribution in [0.25, 0.3) is 0 Å². The molecule has 0 saturated heterocycles. The number of para-hydroxylation sites is 1. The first-order valence-corrected chi connectivity index (χ1v) is 4.57. The van der Waals surface area contributed by atoms with Crippen LogP contribution in [0.15, 0.2) is 24.3 Å². The third-order valence-electron chi connectivity index (χ3n) is 3.22. The second-order valence-electron chi connectivity index (χ2n) is 4.26. The van der Waals surface area contributed by atoms with Crippen LogP contribution in [0.5, 0.6) is 0 Å². The van der Waals surface area contributed by atoms with Crippen molar-refractivity contribution in [3.8, 4) is 0 Å². The first-order chi connectivity index (χ1) is 5.62. The number of hydrogen-bond donors (Lipinski definition) is 1. The highest BCUT2D eigenvalue weighted by atomic mass is 15.0. The zero-order valence-corrected chi connectivity index (χ0v) is 7.96. The lowest BCUT2D eigenvalue weighted by Gasteiger charge is -2.19. The molecule has 2 rings (SSSR count). The minimum absolute atomic E-state index is 0.330. The molecule has 1 aromatic rings. The van der Waals surface area contributed by atoms with Crippen molar-refractivity contribution in [3.63, 3.8) is 0 Å². The number of benzene rings is 1. The van der Waals surface area contributed by atoms with Gasteiger partial charge in [-0.15, -0.1) is 0 Å². The fraction of sp³-hybridized carbons (Fsp3) is 0.455. The van der Waals surface area contributed by atoms with Gasteiger partial charge in [0.05, 0.1) is 6.04 Å². The Morgan fingerprint density at radius 1 is 1.25 bits per heavy atom. The van der Waals surface area contributed by atoms with Crippen LogP contribution in [0.1, 0.15) is 26.3 Å². The van der Waals surface area contributed by atoms with Crippen LogP contribution in [-0.2, 0) is 5.41 Å². The first kappa shape index (κ1) is 7.81. The molecule has 0 saturated carbocycles. The van der Waals surface area contributed by atoms with E-state index in [0.29, 0.717) is 11.5 Å². The molecule has 0 radical (unpaired) electrons. The second-order valence-corrected chi connectivity index (χ2v) is 4.26. The van der Waals surface area contributed by atoms with Gasteiger partial charge in [0.25, 0.3) is 0 Å². The minimum Gasteiger partial charge on any atom is -0.311 e. The van der Waals surface area contributed by atoms with E-state index in [-0.39, 0.29) is 0 Å². The van der Waals surface area contributed by atoms with Gasteiger partial charge in [0.2, 0.25) is 0 Å². The first-order valence-electron chi connectivity index (χ1n) is 4.57. The monoisotopic (exact) mass is 162 g/mol. The molecule has 1 heteroatoms. The van der Waals surface area contributed by atoms with Gasteiger partial charge in [-0.25, -0.2) is 0 Å². The fourth-order valence-electron chi connectivity index (χ4n) is 1.95. The summed E-state index contributed by atoms with van der Waals surface area (Å²) in [6, 6.07) is 9.36. The van der Waals surface area contributed by atoms with E-state index in [1.165, 1.54) is 11.3 Å². The predicted octanol–water partition coefficient (Wildman–Crippen LogP) is 1.56. The molecule has 64 valence electrons. The number of nitrogens with two attached hydrogens (primary N) is 1. The quantitative estimate of drug-likeness (QED) is 0.558. The topological polar surface area (TPSA) is 16.6 Å². The largest absolute Gasteiger partial charge is 0.311 e. The molecule has 1 unspecified atom stereocenters. The lowest BCUT2D eigenvalue weighted by molar-refractivity contribution is -0.604. The van der Waals surface area contributed by atoms with Crippen molar-refractivity contribution in [1.29, 1.82) is 0 Å². The molecule has 1 aliphatic rings. The lowest BCUT2D eigenvalue weighted by atomic mass is 9.81. The number of quaternary nitrogens is 1. The molecule has 2 N–H and O–H groups in total. The Kier molecular flexibility index (Phi) is 1.52. The second kappa shape index (κ2) is 2.33. The maximum absolute atomic E-state index is 2.37. The predicted molar refractivity (Wildman–Crippen MR) is 50.5 cm³/mol. The van der Waals surface area contributed by atoms with Gasteiger partial charge >= 0.3 is 0 Å². The van der Waals surface area contributed by atoms with Crippen molar-refractivity contribution in [2.75, 3.05) is 0 Å². The van der Waals surface area contributed by atoms with Crippen LogP contribution < -0.4 is 5.32 Å². The third-order valence-corrected chi connectivity index (χ3v) is 3.22. The normalized spacial score (nSPS) is 25.4. The molecule has 1 aliphatic heterocycles. The van der Waals surface area contributed by atoms with Crippen LogP contribution in [0.3, 0.4) is 0 Å². The standard InChI is InChI=1S/C11H15N/c1-8-11(2,3)9-6-4-5-7-10(9)12-8/h4-8,12H,1-3H3/p+1. The fourth-order valence-corrected chi connectivity index (χ4v) is 1.95. The number of hydrogen-bond acceptors (Lipinski definition) is 0. The van der Waals surface area contributed by atoms with Gasteiger partial charge in [-0.3, -0.25) is 0 Å². The van der Waals surface area contributed by atoms with E-state index < -0.39 is 0 Å². The molecule has 0 amide bonds. The SMILES string of the molecule is CC1[NH2+]c2ccccc2C1(C)C. The summed E-state index contributed by atoms with van der Waals surface area (Å²) in [6.07, 6.45) is 0. The Balaban J connectivity index is 2.55. The van der Waals surface area contributed by atoms with Gasteiger partial charge in [0, 0.05) is 11.0 Å². The smallest absolute Gasteiger partial charge is 0.133 e. The zero-order chi connectivity index (χ0) is 8.77. The molecule has 0 spiro atoms. The van der Waals surface area contributed by atoms with Crippen LogP contribution in [-0.4, -0.2) is 6.04 Å². The molecule has 1 heterocycles. The molecule has 0 fully saturated rings. The van der Waals surface area contributed by atoms with Crippen LogP contribution in [0.2, 0.25) is 0 Å². The Morgan fingerprint density at radius 3 is 2.58 bits per heavy atom. The van der Waals surface area contributed by atoms with Crippen molar-refractivity contribution < 1.29 is 5.32 Å². The summed E-state index contributed by atoms with van der Waals surface area (Å²) in [5, 5.41) is 2.37. The van der Waals surface area contributed by atoms with E-state index >= 15 is 0 Å². The lowest BCUT2D eigenvalue weighted by Crippen LogP contribution is -2.83. The summed E-state index contributed by atoms with van der Waals surface area (Å²) in [6.45, 7) is 6.93. The van der Waals surface area contributed by atoms with Crippen molar-refractivity contribution in [2.45, 2.75) is 32.2 Å². The van der Waals surface area contributed by atoms with Gasteiger partial charge in [0.1, 0.15) is 5.69 Å². The molecule has 1 nitrogen and oxygen atoms in total. The number of rotatable bonds is 0. The molecule has 1 atom stereocenters. The summed E-state index contributed by atoms with van der Waals surface area (Å²) < 4.78 is 0. The summed E-state index contributed by atoms with van der Waals surface area (Å²) in [5.74, 6) is 0. The highest BCUT2D eigenvalue weighted by Gasteiger charge is 2.40. The van der Waals surface area contributed by atoms with E-state index in [2.05, 4.69) is 50.4 Å². The average molecular weight is 162 g/mol. The van der Waals surface area contributed by atoms with Gasteiger partial charge in [-0.05, 0) is 26.8 Å². The molecule has 0 bridgehead atoms. The highest BCUT2D eigenvalue weighted by Crippen LogP contribution is 2.33. The van der Waals surface area contributed by atoms with Crippen molar-refractivity contribution in [3.05, 3.63) is 29.8 Å². The van der Waals surface area contributed by atoms with Gasteiger partial charge in [-0.1, -0.05) is 18.2 Å². The number of fused-ring (bicyclic) bond motifs is 1. The van der Waals surface area contributed by atoms with Crippen LogP contribution >= 0.6 is 0 Å². The Bertz CT molecular complexity index is 302. The van der Waals surface area contributed by atoms with E-state index in [1.807, 2.05) is 0 Å². The maximum Gasteiger partial charge on any atom is 0.133 e. The molecular weight excluding hydrogens is 146 g/mol. The van der Waals surface area contributed by atoms with Crippen molar-refractivity contribution in [1.82, 2.24) is 0 Å². The minimum atomic E-state index is 0.330. The summed E-state index contributed by atoms with van der Waals surface area (Å²) in [4.78, 5) is 0. The van der Waals surface area contributed by atoms with Crippen molar-refractivity contribution in [2.24, 2.45) is 0 Å². The molecule has 1 aromatic carbocycles. The summed E-state index contributed by atoms with van der Waals surface area (Å²) in [5.41, 5.74) is 3.25. The van der Waals surface area contributed by atoms with Gasteiger partial charge in [-0.2, -0.15) is 0 Å². The van der Waals surface area contributed by atoms with Crippen molar-refractivity contribution >= 4 is 5.69 Å². The third kappa shape index (κ3) is 0.896. The molecule has 0 aromatic heterocycles. The summed E-state index contributed by atoms with van der Waals surface area (Å²) >= 11 is 0. The Labute approximate surface area is 73.8 Å². The average Bonchev–Trinajstić information content (AvgIpc) is 2.25. The molecule has 0 aliphatic carbocycles.